The maximum atomic E-state index is 13.2. The number of fused-ring (bicyclic) bond motifs is 3. The van der Waals surface area contributed by atoms with Gasteiger partial charge >= 0.3 is 0 Å². The van der Waals surface area contributed by atoms with E-state index in [-0.39, 0.29) is 28.5 Å². The first-order valence-corrected chi connectivity index (χ1v) is 8.74. The molecule has 6 heteroatoms. The molecule has 1 N–H and O–H groups in total. The highest BCUT2D eigenvalue weighted by Crippen LogP contribution is 2.52. The molecule has 1 saturated heterocycles. The largest absolute Gasteiger partial charge is 0.360 e. The molecule has 2 aromatic rings. The lowest BCUT2D eigenvalue weighted by molar-refractivity contribution is -0.384. The van der Waals surface area contributed by atoms with Gasteiger partial charge in [0.05, 0.1) is 16.0 Å². The SMILES string of the molecule is CC1(C)CC2CC(C)(CN2C(=O)c2c[nH]c3cc([N+](=O)[O-])ccc23)C1. The van der Waals surface area contributed by atoms with Crippen LogP contribution in [0.3, 0.4) is 0 Å². The molecule has 0 spiro atoms. The van der Waals surface area contributed by atoms with Gasteiger partial charge in [-0.3, -0.25) is 14.9 Å². The normalized spacial score (nSPS) is 27.6. The Kier molecular flexibility index (Phi) is 3.27. The Morgan fingerprint density at radius 3 is 2.80 bits per heavy atom. The van der Waals surface area contributed by atoms with Crippen molar-refractivity contribution in [1.82, 2.24) is 9.88 Å². The van der Waals surface area contributed by atoms with Gasteiger partial charge in [0, 0.05) is 36.3 Å². The highest BCUT2D eigenvalue weighted by molar-refractivity contribution is 6.07. The third kappa shape index (κ3) is 2.60. The quantitative estimate of drug-likeness (QED) is 0.659. The molecule has 4 rings (SSSR count). The molecule has 1 aromatic carbocycles. The average molecular weight is 341 g/mol. The summed E-state index contributed by atoms with van der Waals surface area (Å²) < 4.78 is 0. The average Bonchev–Trinajstić information content (AvgIpc) is 3.03. The molecule has 0 radical (unpaired) electrons. The summed E-state index contributed by atoms with van der Waals surface area (Å²) in [5.41, 5.74) is 1.71. The molecule has 2 heterocycles. The van der Waals surface area contributed by atoms with Crippen LogP contribution in [0.25, 0.3) is 10.9 Å². The molecule has 25 heavy (non-hydrogen) atoms. The first-order valence-electron chi connectivity index (χ1n) is 8.74. The molecule has 2 fully saturated rings. The summed E-state index contributed by atoms with van der Waals surface area (Å²) in [6.45, 7) is 7.65. The van der Waals surface area contributed by atoms with Crippen molar-refractivity contribution in [2.75, 3.05) is 6.54 Å². The van der Waals surface area contributed by atoms with E-state index in [0.717, 1.165) is 31.2 Å². The second-order valence-corrected chi connectivity index (χ2v) is 8.84. The van der Waals surface area contributed by atoms with E-state index >= 15 is 0 Å². The Bertz CT molecular complexity index is 885. The number of rotatable bonds is 2. The van der Waals surface area contributed by atoms with E-state index in [1.807, 2.05) is 4.90 Å². The van der Waals surface area contributed by atoms with Crippen LogP contribution >= 0.6 is 0 Å². The minimum Gasteiger partial charge on any atom is -0.360 e. The number of nitrogens with zero attached hydrogens (tertiary/aromatic N) is 2. The third-order valence-electron chi connectivity index (χ3n) is 5.78. The number of H-pyrrole nitrogens is 1. The van der Waals surface area contributed by atoms with Crippen LogP contribution in [0.1, 0.15) is 50.4 Å². The van der Waals surface area contributed by atoms with E-state index in [1.165, 1.54) is 12.1 Å². The summed E-state index contributed by atoms with van der Waals surface area (Å²) >= 11 is 0. The highest BCUT2D eigenvalue weighted by Gasteiger charge is 2.51. The monoisotopic (exact) mass is 341 g/mol. The van der Waals surface area contributed by atoms with Crippen molar-refractivity contribution >= 4 is 22.5 Å². The van der Waals surface area contributed by atoms with Gasteiger partial charge in [-0.15, -0.1) is 0 Å². The maximum absolute atomic E-state index is 13.2. The van der Waals surface area contributed by atoms with Gasteiger partial charge in [-0.2, -0.15) is 0 Å². The minimum absolute atomic E-state index is 0.0274. The van der Waals surface area contributed by atoms with Crippen LogP contribution in [0.5, 0.6) is 0 Å². The molecule has 1 aliphatic carbocycles. The van der Waals surface area contributed by atoms with Gasteiger partial charge < -0.3 is 9.88 Å². The number of benzene rings is 1. The van der Waals surface area contributed by atoms with Crippen LogP contribution in [0.2, 0.25) is 0 Å². The number of carbonyl (C=O) groups excluding carboxylic acids is 1. The standard InChI is InChI=1S/C19H23N3O3/c1-18(2)7-13-8-19(3,10-18)11-21(13)17(23)15-9-20-16-6-12(22(24)25)4-5-14(15)16/h4-6,9,13,20H,7-8,10-11H2,1-3H3. The number of nitrogens with one attached hydrogen (secondary N) is 1. The summed E-state index contributed by atoms with van der Waals surface area (Å²) in [6, 6.07) is 4.90. The van der Waals surface area contributed by atoms with Crippen LogP contribution in [0, 0.1) is 20.9 Å². The number of nitro groups is 1. The zero-order valence-electron chi connectivity index (χ0n) is 14.8. The topological polar surface area (TPSA) is 79.2 Å². The molecule has 2 aliphatic rings. The van der Waals surface area contributed by atoms with Gasteiger partial charge in [-0.1, -0.05) is 20.8 Å². The van der Waals surface area contributed by atoms with Crippen LogP contribution in [0.15, 0.2) is 24.4 Å². The van der Waals surface area contributed by atoms with E-state index < -0.39 is 4.92 Å². The number of likely N-dealkylation sites (tertiary alicyclic amines) is 1. The first-order chi connectivity index (χ1) is 11.7. The van der Waals surface area contributed by atoms with Crippen molar-refractivity contribution in [3.05, 3.63) is 40.1 Å². The van der Waals surface area contributed by atoms with Gasteiger partial charge in [0.1, 0.15) is 0 Å². The smallest absolute Gasteiger partial charge is 0.271 e. The van der Waals surface area contributed by atoms with Crippen LogP contribution in [-0.2, 0) is 0 Å². The molecule has 1 saturated carbocycles. The second-order valence-electron chi connectivity index (χ2n) is 8.84. The van der Waals surface area contributed by atoms with Crippen molar-refractivity contribution in [3.8, 4) is 0 Å². The van der Waals surface area contributed by atoms with E-state index in [9.17, 15) is 14.9 Å². The van der Waals surface area contributed by atoms with Crippen LogP contribution < -0.4 is 0 Å². The van der Waals surface area contributed by atoms with Crippen LogP contribution in [0.4, 0.5) is 5.69 Å². The van der Waals surface area contributed by atoms with Crippen molar-refractivity contribution in [2.45, 2.75) is 46.1 Å². The van der Waals surface area contributed by atoms with Crippen molar-refractivity contribution in [3.63, 3.8) is 0 Å². The number of aromatic nitrogens is 1. The van der Waals surface area contributed by atoms with E-state index in [4.69, 9.17) is 0 Å². The molecular weight excluding hydrogens is 318 g/mol. The predicted octanol–water partition coefficient (Wildman–Crippen LogP) is 4.12. The lowest BCUT2D eigenvalue weighted by Crippen LogP contribution is -2.37. The van der Waals surface area contributed by atoms with Gasteiger partial charge in [0.2, 0.25) is 0 Å². The van der Waals surface area contributed by atoms with Gasteiger partial charge in [-0.25, -0.2) is 0 Å². The molecule has 132 valence electrons. The third-order valence-corrected chi connectivity index (χ3v) is 5.78. The summed E-state index contributed by atoms with van der Waals surface area (Å²) in [7, 11) is 0. The minimum atomic E-state index is -0.422. The molecule has 2 atom stereocenters. The number of aromatic amines is 1. The Balaban J connectivity index is 1.68. The molecule has 2 bridgehead atoms. The number of nitro benzene ring substituents is 1. The van der Waals surface area contributed by atoms with Crippen molar-refractivity contribution in [1.29, 1.82) is 0 Å². The number of amides is 1. The zero-order valence-corrected chi connectivity index (χ0v) is 14.8. The van der Waals surface area contributed by atoms with Crippen molar-refractivity contribution < 1.29 is 9.72 Å². The number of hydrogen-bond donors (Lipinski definition) is 1. The number of carbonyl (C=O) groups is 1. The first kappa shape index (κ1) is 16.1. The summed E-state index contributed by atoms with van der Waals surface area (Å²) in [4.78, 5) is 28.8. The second kappa shape index (κ2) is 5.07. The van der Waals surface area contributed by atoms with Gasteiger partial charge in [0.25, 0.3) is 11.6 Å². The van der Waals surface area contributed by atoms with E-state index in [2.05, 4.69) is 25.8 Å². The Morgan fingerprint density at radius 1 is 1.32 bits per heavy atom. The Hall–Kier alpha value is -2.37. The lowest BCUT2D eigenvalue weighted by Gasteiger charge is -2.39. The van der Waals surface area contributed by atoms with E-state index in [1.54, 1.807) is 12.3 Å². The maximum Gasteiger partial charge on any atom is 0.271 e. The fourth-order valence-corrected chi connectivity index (χ4v) is 5.26. The van der Waals surface area contributed by atoms with Gasteiger partial charge in [0.15, 0.2) is 0 Å². The Labute approximate surface area is 146 Å². The summed E-state index contributed by atoms with van der Waals surface area (Å²) in [6.07, 6.45) is 4.92. The van der Waals surface area contributed by atoms with E-state index in [0.29, 0.717) is 11.1 Å². The molecular formula is C19H23N3O3. The number of non-ortho nitro benzene ring substituents is 1. The zero-order chi connectivity index (χ0) is 18.0. The fraction of sp³-hybridized carbons (Fsp3) is 0.526. The highest BCUT2D eigenvalue weighted by atomic mass is 16.6. The van der Waals surface area contributed by atoms with Gasteiger partial charge in [-0.05, 0) is 36.2 Å². The lowest BCUT2D eigenvalue weighted by atomic mass is 9.65. The summed E-state index contributed by atoms with van der Waals surface area (Å²) in [5.74, 6) is 0.0338. The number of hydrogen-bond acceptors (Lipinski definition) is 3. The van der Waals surface area contributed by atoms with Crippen molar-refractivity contribution in [2.24, 2.45) is 10.8 Å². The molecule has 1 aromatic heterocycles. The Morgan fingerprint density at radius 2 is 2.08 bits per heavy atom. The fourth-order valence-electron chi connectivity index (χ4n) is 5.26. The molecule has 1 amide bonds. The van der Waals surface area contributed by atoms with Crippen LogP contribution in [-0.4, -0.2) is 33.3 Å². The molecule has 1 aliphatic heterocycles. The molecule has 2 unspecified atom stereocenters. The predicted molar refractivity (Wildman–Crippen MR) is 95.5 cm³/mol. The molecule has 6 nitrogen and oxygen atoms in total. The summed E-state index contributed by atoms with van der Waals surface area (Å²) in [5, 5.41) is 11.7.